The number of carbonyl (C=O) groups excluding carboxylic acids is 1. The molecule has 0 radical (unpaired) electrons. The Bertz CT molecular complexity index is 683. The predicted octanol–water partition coefficient (Wildman–Crippen LogP) is 1.61. The summed E-state index contributed by atoms with van der Waals surface area (Å²) in [5.74, 6) is -0.121. The molecule has 2 aliphatic rings. The molecule has 0 saturated carbocycles. The van der Waals surface area contributed by atoms with Gasteiger partial charge in [-0.25, -0.2) is 4.98 Å². The van der Waals surface area contributed by atoms with Crippen molar-refractivity contribution in [1.29, 1.82) is 0 Å². The van der Waals surface area contributed by atoms with E-state index in [1.165, 1.54) is 6.42 Å². The molecule has 0 spiro atoms. The SMILES string of the molecule is O=C(N[C@@H]1C[C@H]2CC[C@@H]1N2)c1cc2c(Cl)ccn2cn1. The quantitative estimate of drug-likeness (QED) is 0.883. The third kappa shape index (κ3) is 1.89. The summed E-state index contributed by atoms with van der Waals surface area (Å²) in [6.45, 7) is 0. The molecule has 0 aromatic carbocycles. The molecule has 2 bridgehead atoms. The van der Waals surface area contributed by atoms with Crippen LogP contribution >= 0.6 is 11.6 Å². The van der Waals surface area contributed by atoms with Gasteiger partial charge in [-0.15, -0.1) is 0 Å². The summed E-state index contributed by atoms with van der Waals surface area (Å²) in [5.41, 5.74) is 1.22. The van der Waals surface area contributed by atoms with Crippen molar-refractivity contribution in [2.45, 2.75) is 37.4 Å². The number of fused-ring (bicyclic) bond motifs is 3. The Kier molecular flexibility index (Phi) is 2.72. The zero-order valence-electron chi connectivity index (χ0n) is 10.8. The number of hydrogen-bond acceptors (Lipinski definition) is 3. The van der Waals surface area contributed by atoms with Gasteiger partial charge in [-0.2, -0.15) is 0 Å². The fraction of sp³-hybridized carbons (Fsp3) is 0.429. The summed E-state index contributed by atoms with van der Waals surface area (Å²) >= 11 is 6.08. The highest BCUT2D eigenvalue weighted by Crippen LogP contribution is 2.28. The van der Waals surface area contributed by atoms with Crippen molar-refractivity contribution in [2.24, 2.45) is 0 Å². The van der Waals surface area contributed by atoms with Crippen molar-refractivity contribution in [2.75, 3.05) is 0 Å². The Morgan fingerprint density at radius 3 is 3.15 bits per heavy atom. The standard InChI is InChI=1S/C14H15ClN4O/c15-9-3-4-19-7-16-12(6-13(9)19)14(20)18-11-5-8-1-2-10(11)17-8/h3-4,6-8,10-11,17H,1-2,5H2,(H,18,20)/t8-,10+,11-/m1/s1. The van der Waals surface area contributed by atoms with E-state index in [0.29, 0.717) is 22.8 Å². The highest BCUT2D eigenvalue weighted by atomic mass is 35.5. The smallest absolute Gasteiger partial charge is 0.270 e. The first-order chi connectivity index (χ1) is 9.70. The Labute approximate surface area is 121 Å². The molecule has 2 N–H and O–H groups in total. The number of nitrogens with zero attached hydrogens (tertiary/aromatic N) is 2. The van der Waals surface area contributed by atoms with Gasteiger partial charge in [0.2, 0.25) is 0 Å². The van der Waals surface area contributed by atoms with Crippen LogP contribution in [0.4, 0.5) is 0 Å². The van der Waals surface area contributed by atoms with E-state index in [0.717, 1.165) is 18.4 Å². The van der Waals surface area contributed by atoms with E-state index in [2.05, 4.69) is 15.6 Å². The topological polar surface area (TPSA) is 58.4 Å². The van der Waals surface area contributed by atoms with Crippen LogP contribution in [0.25, 0.3) is 5.52 Å². The first kappa shape index (κ1) is 12.2. The highest BCUT2D eigenvalue weighted by molar-refractivity contribution is 6.34. The second-order valence-corrected chi connectivity index (χ2v) is 6.00. The molecule has 5 nitrogen and oxygen atoms in total. The van der Waals surface area contributed by atoms with Crippen LogP contribution in [0.3, 0.4) is 0 Å². The summed E-state index contributed by atoms with van der Waals surface area (Å²) in [6.07, 6.45) is 6.83. The lowest BCUT2D eigenvalue weighted by Crippen LogP contribution is -2.43. The number of nitrogens with one attached hydrogen (secondary N) is 2. The lowest BCUT2D eigenvalue weighted by atomic mass is 9.95. The van der Waals surface area contributed by atoms with Gasteiger partial charge in [0.25, 0.3) is 5.91 Å². The van der Waals surface area contributed by atoms with Crippen LogP contribution in [-0.2, 0) is 0 Å². The van der Waals surface area contributed by atoms with Crippen molar-refractivity contribution < 1.29 is 4.79 Å². The summed E-state index contributed by atoms with van der Waals surface area (Å²) in [6, 6.07) is 4.74. The Morgan fingerprint density at radius 1 is 1.50 bits per heavy atom. The maximum Gasteiger partial charge on any atom is 0.270 e. The van der Waals surface area contributed by atoms with E-state index < -0.39 is 0 Å². The molecule has 2 aliphatic heterocycles. The zero-order chi connectivity index (χ0) is 13.7. The van der Waals surface area contributed by atoms with Crippen LogP contribution in [0, 0.1) is 0 Å². The van der Waals surface area contributed by atoms with Crippen molar-refractivity contribution >= 4 is 23.0 Å². The third-order valence-electron chi connectivity index (χ3n) is 4.35. The third-order valence-corrected chi connectivity index (χ3v) is 4.67. The largest absolute Gasteiger partial charge is 0.346 e. The van der Waals surface area contributed by atoms with E-state index in [1.807, 2.05) is 6.20 Å². The number of aromatic nitrogens is 2. The molecular weight excluding hydrogens is 276 g/mol. The van der Waals surface area contributed by atoms with E-state index in [9.17, 15) is 4.79 Å². The Balaban J connectivity index is 1.56. The van der Waals surface area contributed by atoms with Crippen LogP contribution in [0.5, 0.6) is 0 Å². The van der Waals surface area contributed by atoms with Gasteiger partial charge < -0.3 is 15.0 Å². The molecule has 2 aromatic rings. The van der Waals surface area contributed by atoms with E-state index in [4.69, 9.17) is 11.6 Å². The van der Waals surface area contributed by atoms with E-state index in [-0.39, 0.29) is 11.9 Å². The van der Waals surface area contributed by atoms with Gasteiger partial charge in [0.15, 0.2) is 0 Å². The maximum atomic E-state index is 12.3. The normalized spacial score (nSPS) is 28.1. The number of amides is 1. The molecular formula is C14H15ClN4O. The molecule has 0 unspecified atom stereocenters. The first-order valence-corrected chi connectivity index (χ1v) is 7.27. The molecule has 0 aliphatic carbocycles. The fourth-order valence-electron chi connectivity index (χ4n) is 3.32. The van der Waals surface area contributed by atoms with Gasteiger partial charge >= 0.3 is 0 Å². The summed E-state index contributed by atoms with van der Waals surface area (Å²) < 4.78 is 1.80. The van der Waals surface area contributed by atoms with Crippen LogP contribution < -0.4 is 10.6 Å². The second-order valence-electron chi connectivity index (χ2n) is 5.59. The van der Waals surface area contributed by atoms with Gasteiger partial charge in [0.05, 0.1) is 10.5 Å². The minimum absolute atomic E-state index is 0.121. The Hall–Kier alpha value is -1.59. The monoisotopic (exact) mass is 290 g/mol. The van der Waals surface area contributed by atoms with E-state index >= 15 is 0 Å². The molecule has 4 heterocycles. The van der Waals surface area contributed by atoms with Crippen molar-refractivity contribution in [3.8, 4) is 0 Å². The summed E-state index contributed by atoms with van der Waals surface area (Å²) in [5, 5.41) is 7.22. The highest BCUT2D eigenvalue weighted by Gasteiger charge is 2.39. The van der Waals surface area contributed by atoms with Gasteiger partial charge in [0, 0.05) is 24.3 Å². The minimum atomic E-state index is -0.121. The Morgan fingerprint density at radius 2 is 2.40 bits per heavy atom. The average molecular weight is 291 g/mol. The molecule has 2 fully saturated rings. The van der Waals surface area contributed by atoms with Crippen molar-refractivity contribution in [3.63, 3.8) is 0 Å². The summed E-state index contributed by atoms with van der Waals surface area (Å²) in [7, 11) is 0. The van der Waals surface area contributed by atoms with Crippen molar-refractivity contribution in [1.82, 2.24) is 20.0 Å². The molecule has 20 heavy (non-hydrogen) atoms. The molecule has 4 rings (SSSR count). The van der Waals surface area contributed by atoms with Gasteiger partial charge in [-0.3, -0.25) is 4.79 Å². The predicted molar refractivity (Wildman–Crippen MR) is 76.0 cm³/mol. The number of rotatable bonds is 2. The maximum absolute atomic E-state index is 12.3. The number of hydrogen-bond donors (Lipinski definition) is 2. The number of carbonyl (C=O) groups is 1. The molecule has 1 amide bonds. The zero-order valence-corrected chi connectivity index (χ0v) is 11.6. The van der Waals surface area contributed by atoms with Gasteiger partial charge in [-0.1, -0.05) is 11.6 Å². The molecule has 2 saturated heterocycles. The summed E-state index contributed by atoms with van der Waals surface area (Å²) in [4.78, 5) is 16.5. The lowest BCUT2D eigenvalue weighted by molar-refractivity contribution is 0.0926. The first-order valence-electron chi connectivity index (χ1n) is 6.90. The lowest BCUT2D eigenvalue weighted by Gasteiger charge is -2.21. The minimum Gasteiger partial charge on any atom is -0.346 e. The van der Waals surface area contributed by atoms with Crippen LogP contribution in [0.1, 0.15) is 29.8 Å². The number of halogens is 1. The molecule has 104 valence electrons. The molecule has 3 atom stereocenters. The molecule has 2 aromatic heterocycles. The van der Waals surface area contributed by atoms with Gasteiger partial charge in [0.1, 0.15) is 12.0 Å². The molecule has 6 heteroatoms. The van der Waals surface area contributed by atoms with Gasteiger partial charge in [-0.05, 0) is 31.4 Å². The van der Waals surface area contributed by atoms with Crippen LogP contribution in [0.2, 0.25) is 5.02 Å². The van der Waals surface area contributed by atoms with E-state index in [1.54, 1.807) is 22.9 Å². The second kappa shape index (κ2) is 4.46. The average Bonchev–Trinajstić information content (AvgIpc) is 3.15. The van der Waals surface area contributed by atoms with Crippen molar-refractivity contribution in [3.05, 3.63) is 35.4 Å². The van der Waals surface area contributed by atoms with Crippen LogP contribution in [-0.4, -0.2) is 33.4 Å². The van der Waals surface area contributed by atoms with Crippen LogP contribution in [0.15, 0.2) is 24.7 Å². The fourth-order valence-corrected chi connectivity index (χ4v) is 3.53.